The normalized spacial score (nSPS) is 22.9. The zero-order valence-electron chi connectivity index (χ0n) is 13.3. The minimum absolute atomic E-state index is 0.00606. The van der Waals surface area contributed by atoms with Gasteiger partial charge in [0.25, 0.3) is 0 Å². The Labute approximate surface area is 127 Å². The van der Waals surface area contributed by atoms with Gasteiger partial charge in [0.1, 0.15) is 5.92 Å². The molecule has 2 fully saturated rings. The first-order valence-corrected chi connectivity index (χ1v) is 8.27. The monoisotopic (exact) mass is 296 g/mol. The summed E-state index contributed by atoms with van der Waals surface area (Å²) in [6, 6.07) is 0. The Morgan fingerprint density at radius 1 is 1.10 bits per heavy atom. The minimum atomic E-state index is -0.575. The molecule has 5 nitrogen and oxygen atoms in total. The van der Waals surface area contributed by atoms with Gasteiger partial charge < -0.3 is 14.5 Å². The second-order valence-corrected chi connectivity index (χ2v) is 6.26. The summed E-state index contributed by atoms with van der Waals surface area (Å²) in [6.07, 6.45) is 5.41. The van der Waals surface area contributed by atoms with Crippen molar-refractivity contribution in [1.82, 2.24) is 9.80 Å². The van der Waals surface area contributed by atoms with E-state index in [2.05, 4.69) is 11.9 Å². The number of ether oxygens (including phenoxy) is 1. The quantitative estimate of drug-likeness (QED) is 0.583. The maximum Gasteiger partial charge on any atom is 0.318 e. The van der Waals surface area contributed by atoms with Crippen LogP contribution in [0.15, 0.2) is 0 Å². The van der Waals surface area contributed by atoms with Crippen molar-refractivity contribution >= 4 is 11.9 Å². The number of likely N-dealkylation sites (N-methyl/N-ethyl adjacent to an activating group) is 1. The van der Waals surface area contributed by atoms with Crippen LogP contribution in [-0.4, -0.2) is 61.5 Å². The Balaban J connectivity index is 2.06. The average molecular weight is 296 g/mol. The van der Waals surface area contributed by atoms with Crippen LogP contribution in [0, 0.1) is 11.8 Å². The largest absolute Gasteiger partial charge is 0.465 e. The van der Waals surface area contributed by atoms with E-state index in [4.69, 9.17) is 4.74 Å². The van der Waals surface area contributed by atoms with Crippen LogP contribution in [0.5, 0.6) is 0 Å². The number of esters is 1. The van der Waals surface area contributed by atoms with E-state index in [-0.39, 0.29) is 17.8 Å². The van der Waals surface area contributed by atoms with Gasteiger partial charge in [0.2, 0.25) is 5.91 Å². The van der Waals surface area contributed by atoms with Crippen molar-refractivity contribution in [3.05, 3.63) is 0 Å². The maximum atomic E-state index is 12.8. The topological polar surface area (TPSA) is 49.9 Å². The lowest BCUT2D eigenvalue weighted by atomic mass is 9.79. The number of carbonyl (C=O) groups is 2. The molecule has 0 N–H and O–H groups in total. The van der Waals surface area contributed by atoms with Gasteiger partial charge in [0.05, 0.1) is 6.61 Å². The Kier molecular flexibility index (Phi) is 6.03. The van der Waals surface area contributed by atoms with E-state index in [1.54, 1.807) is 6.92 Å². The van der Waals surface area contributed by atoms with Crippen molar-refractivity contribution in [2.45, 2.75) is 39.0 Å². The van der Waals surface area contributed by atoms with E-state index in [1.165, 1.54) is 6.42 Å². The molecule has 2 aliphatic rings. The maximum absolute atomic E-state index is 12.8. The summed E-state index contributed by atoms with van der Waals surface area (Å²) in [5.74, 6) is -0.722. The fourth-order valence-electron chi connectivity index (χ4n) is 3.42. The molecule has 0 aromatic carbocycles. The minimum Gasteiger partial charge on any atom is -0.465 e. The number of piperazine rings is 1. The van der Waals surface area contributed by atoms with Crippen molar-refractivity contribution in [3.8, 4) is 0 Å². The zero-order chi connectivity index (χ0) is 15.2. The predicted octanol–water partition coefficient (Wildman–Crippen LogP) is 1.52. The Hall–Kier alpha value is -1.10. The van der Waals surface area contributed by atoms with Crippen LogP contribution < -0.4 is 0 Å². The fourth-order valence-corrected chi connectivity index (χ4v) is 3.42. The van der Waals surface area contributed by atoms with Crippen LogP contribution in [0.1, 0.15) is 39.0 Å². The molecular formula is C16H28N2O3. The Morgan fingerprint density at radius 2 is 1.71 bits per heavy atom. The lowest BCUT2D eigenvalue weighted by Gasteiger charge is -2.36. The van der Waals surface area contributed by atoms with E-state index in [9.17, 15) is 9.59 Å². The molecule has 1 saturated heterocycles. The van der Waals surface area contributed by atoms with Crippen LogP contribution in [0.3, 0.4) is 0 Å². The lowest BCUT2D eigenvalue weighted by molar-refractivity contribution is -0.159. The average Bonchev–Trinajstić information content (AvgIpc) is 2.49. The summed E-state index contributed by atoms with van der Waals surface area (Å²) in [5.41, 5.74) is 0. The predicted molar refractivity (Wildman–Crippen MR) is 80.8 cm³/mol. The van der Waals surface area contributed by atoms with Crippen molar-refractivity contribution in [1.29, 1.82) is 0 Å². The first-order chi connectivity index (χ1) is 10.1. The Morgan fingerprint density at radius 3 is 2.29 bits per heavy atom. The first-order valence-electron chi connectivity index (χ1n) is 8.27. The molecule has 1 atom stereocenters. The second kappa shape index (κ2) is 7.78. The van der Waals surface area contributed by atoms with Crippen molar-refractivity contribution < 1.29 is 14.3 Å². The molecular weight excluding hydrogens is 268 g/mol. The molecule has 1 saturated carbocycles. The molecule has 1 unspecified atom stereocenters. The van der Waals surface area contributed by atoms with Crippen LogP contribution in [-0.2, 0) is 14.3 Å². The summed E-state index contributed by atoms with van der Waals surface area (Å²) in [4.78, 5) is 29.2. The van der Waals surface area contributed by atoms with E-state index in [0.29, 0.717) is 6.61 Å². The van der Waals surface area contributed by atoms with Crippen LogP contribution in [0.25, 0.3) is 0 Å². The van der Waals surface area contributed by atoms with Crippen LogP contribution in [0.2, 0.25) is 0 Å². The molecule has 120 valence electrons. The smallest absolute Gasteiger partial charge is 0.318 e. The van der Waals surface area contributed by atoms with Gasteiger partial charge >= 0.3 is 5.97 Å². The third kappa shape index (κ3) is 4.19. The number of hydrogen-bond acceptors (Lipinski definition) is 4. The summed E-state index contributed by atoms with van der Waals surface area (Å²) in [6.45, 7) is 5.35. The van der Waals surface area contributed by atoms with Gasteiger partial charge in [-0.1, -0.05) is 19.3 Å². The molecule has 0 aromatic heterocycles. The fraction of sp³-hybridized carbons (Fsp3) is 0.875. The first kappa shape index (κ1) is 16.3. The highest BCUT2D eigenvalue weighted by Gasteiger charge is 2.39. The van der Waals surface area contributed by atoms with Gasteiger partial charge in [-0.2, -0.15) is 0 Å². The van der Waals surface area contributed by atoms with Gasteiger partial charge in [-0.05, 0) is 32.7 Å². The standard InChI is InChI=1S/C16H28N2O3/c1-3-21-16(20)14(13-7-5-4-6-8-13)15(19)18-11-9-17(2)10-12-18/h13-14H,3-12H2,1-2H3. The summed E-state index contributed by atoms with van der Waals surface area (Å²) >= 11 is 0. The van der Waals surface area contributed by atoms with Crippen LogP contribution in [0.4, 0.5) is 0 Å². The van der Waals surface area contributed by atoms with E-state index < -0.39 is 5.92 Å². The summed E-state index contributed by atoms with van der Waals surface area (Å²) in [7, 11) is 2.06. The zero-order valence-corrected chi connectivity index (χ0v) is 13.3. The molecule has 1 aliphatic carbocycles. The van der Waals surface area contributed by atoms with Gasteiger partial charge in [-0.25, -0.2) is 0 Å². The molecule has 5 heteroatoms. The lowest BCUT2D eigenvalue weighted by Crippen LogP contribution is -2.51. The molecule has 0 radical (unpaired) electrons. The molecule has 2 rings (SSSR count). The Bertz CT molecular complexity index is 359. The van der Waals surface area contributed by atoms with Crippen molar-refractivity contribution in [2.24, 2.45) is 11.8 Å². The number of rotatable bonds is 4. The highest BCUT2D eigenvalue weighted by atomic mass is 16.5. The SMILES string of the molecule is CCOC(=O)C(C(=O)N1CCN(C)CC1)C1CCCCC1. The molecule has 0 aromatic rings. The molecule has 0 bridgehead atoms. The van der Waals surface area contributed by atoms with E-state index in [0.717, 1.165) is 51.9 Å². The summed E-state index contributed by atoms with van der Waals surface area (Å²) in [5, 5.41) is 0. The molecule has 1 amide bonds. The van der Waals surface area contributed by atoms with Crippen molar-refractivity contribution in [2.75, 3.05) is 39.8 Å². The number of nitrogens with zero attached hydrogens (tertiary/aromatic N) is 2. The van der Waals surface area contributed by atoms with Crippen LogP contribution >= 0.6 is 0 Å². The van der Waals surface area contributed by atoms with Crippen molar-refractivity contribution in [3.63, 3.8) is 0 Å². The molecule has 0 spiro atoms. The highest BCUT2D eigenvalue weighted by molar-refractivity contribution is 5.98. The number of amides is 1. The third-order valence-corrected chi connectivity index (χ3v) is 4.74. The van der Waals surface area contributed by atoms with Gasteiger partial charge in [-0.3, -0.25) is 9.59 Å². The van der Waals surface area contributed by atoms with E-state index in [1.807, 2.05) is 4.90 Å². The summed E-state index contributed by atoms with van der Waals surface area (Å²) < 4.78 is 5.19. The number of carbonyl (C=O) groups excluding carboxylic acids is 2. The second-order valence-electron chi connectivity index (χ2n) is 6.26. The van der Waals surface area contributed by atoms with Gasteiger partial charge in [0, 0.05) is 26.2 Å². The highest BCUT2D eigenvalue weighted by Crippen LogP contribution is 2.32. The van der Waals surface area contributed by atoms with Gasteiger partial charge in [-0.15, -0.1) is 0 Å². The van der Waals surface area contributed by atoms with E-state index >= 15 is 0 Å². The number of hydrogen-bond donors (Lipinski definition) is 0. The van der Waals surface area contributed by atoms with Gasteiger partial charge in [0.15, 0.2) is 0 Å². The molecule has 1 heterocycles. The third-order valence-electron chi connectivity index (χ3n) is 4.74. The molecule has 21 heavy (non-hydrogen) atoms. The molecule has 1 aliphatic heterocycles.